The molecule has 0 rings (SSSR count). The number of amides is 2. The molecule has 29 heavy (non-hydrogen) atoms. The van der Waals surface area contributed by atoms with E-state index in [4.69, 9.17) is 22.9 Å². The summed E-state index contributed by atoms with van der Waals surface area (Å²) in [4.78, 5) is 40.2. The standard InChI is InChI=1S/C17H35N7O4S/c1-29-10-7-13(16(27)28)24-15(26)12(6-4-9-22-17(20)21)23-14(25)11(19)5-2-3-8-18/h11-13H,2-10,18-19H2,1H3,(H,23,25)(H,24,26)(H,27,28)(H4,20,21,22)/t11-,12-,13-/m0/s1. The van der Waals surface area contributed by atoms with Gasteiger partial charge in [0.1, 0.15) is 12.1 Å². The fourth-order valence-corrected chi connectivity index (χ4v) is 2.93. The molecule has 0 saturated carbocycles. The van der Waals surface area contributed by atoms with E-state index < -0.39 is 35.9 Å². The molecule has 0 aliphatic heterocycles. The number of rotatable bonds is 16. The molecule has 0 spiro atoms. The van der Waals surface area contributed by atoms with Gasteiger partial charge in [-0.2, -0.15) is 11.8 Å². The molecule has 0 radical (unpaired) electrons. The molecule has 0 aromatic rings. The number of aliphatic carboxylic acids is 1. The zero-order valence-corrected chi connectivity index (χ0v) is 17.7. The number of carbonyl (C=O) groups is 3. The fourth-order valence-electron chi connectivity index (χ4n) is 2.46. The number of carboxylic acid groups (broad SMARTS) is 1. The van der Waals surface area contributed by atoms with E-state index in [1.54, 1.807) is 0 Å². The quantitative estimate of drug-likeness (QED) is 0.0838. The van der Waals surface area contributed by atoms with Crippen molar-refractivity contribution in [3.8, 4) is 0 Å². The number of hydrogen-bond acceptors (Lipinski definition) is 7. The molecule has 0 unspecified atom stereocenters. The topological polar surface area (TPSA) is 212 Å². The summed E-state index contributed by atoms with van der Waals surface area (Å²) in [5, 5.41) is 14.4. The number of guanidine groups is 1. The first-order valence-corrected chi connectivity index (χ1v) is 11.0. The number of carbonyl (C=O) groups excluding carboxylic acids is 2. The van der Waals surface area contributed by atoms with Crippen LogP contribution in [0.3, 0.4) is 0 Å². The van der Waals surface area contributed by atoms with E-state index in [2.05, 4.69) is 15.6 Å². The zero-order valence-electron chi connectivity index (χ0n) is 16.9. The van der Waals surface area contributed by atoms with Gasteiger partial charge in [0.15, 0.2) is 5.96 Å². The lowest BCUT2D eigenvalue weighted by molar-refractivity contribution is -0.142. The summed E-state index contributed by atoms with van der Waals surface area (Å²) >= 11 is 1.48. The van der Waals surface area contributed by atoms with Crippen LogP contribution < -0.4 is 33.6 Å². The number of hydrogen-bond donors (Lipinski definition) is 7. The first-order chi connectivity index (χ1) is 13.7. The Kier molecular flexibility index (Phi) is 14.7. The minimum atomic E-state index is -1.13. The summed E-state index contributed by atoms with van der Waals surface area (Å²) in [6, 6.07) is -2.75. The van der Waals surface area contributed by atoms with Gasteiger partial charge in [-0.15, -0.1) is 0 Å². The van der Waals surface area contributed by atoms with Crippen LogP contribution in [0.15, 0.2) is 4.99 Å². The third kappa shape index (κ3) is 12.9. The van der Waals surface area contributed by atoms with E-state index >= 15 is 0 Å². The zero-order chi connectivity index (χ0) is 22.2. The van der Waals surface area contributed by atoms with E-state index in [1.165, 1.54) is 11.8 Å². The van der Waals surface area contributed by atoms with Gasteiger partial charge in [0.2, 0.25) is 11.8 Å². The molecule has 0 aromatic heterocycles. The van der Waals surface area contributed by atoms with Crippen molar-refractivity contribution in [1.29, 1.82) is 0 Å². The molecule has 168 valence electrons. The van der Waals surface area contributed by atoms with Crippen molar-refractivity contribution < 1.29 is 19.5 Å². The SMILES string of the molecule is CSCC[C@H](NC(=O)[C@H](CCCN=C(N)N)NC(=O)[C@@H](N)CCCCN)C(=O)O. The molecule has 11 nitrogen and oxygen atoms in total. The average molecular weight is 434 g/mol. The first-order valence-electron chi connectivity index (χ1n) is 9.56. The molecule has 0 saturated heterocycles. The second kappa shape index (κ2) is 15.8. The Morgan fingerprint density at radius 1 is 1.00 bits per heavy atom. The second-order valence-electron chi connectivity index (χ2n) is 6.58. The molecule has 0 fully saturated rings. The van der Waals surface area contributed by atoms with Gasteiger partial charge in [-0.3, -0.25) is 14.6 Å². The van der Waals surface area contributed by atoms with Crippen molar-refractivity contribution in [3.05, 3.63) is 0 Å². The van der Waals surface area contributed by atoms with Crippen LogP contribution in [0, 0.1) is 0 Å². The maximum atomic E-state index is 12.6. The van der Waals surface area contributed by atoms with Gasteiger partial charge < -0.3 is 38.7 Å². The van der Waals surface area contributed by atoms with Crippen LogP contribution in [0.25, 0.3) is 0 Å². The number of unbranched alkanes of at least 4 members (excludes halogenated alkanes) is 1. The van der Waals surface area contributed by atoms with Crippen molar-refractivity contribution in [2.45, 2.75) is 56.7 Å². The average Bonchev–Trinajstić information content (AvgIpc) is 2.66. The van der Waals surface area contributed by atoms with Crippen LogP contribution in [0.2, 0.25) is 0 Å². The highest BCUT2D eigenvalue weighted by Gasteiger charge is 2.27. The van der Waals surface area contributed by atoms with Gasteiger partial charge in [0.25, 0.3) is 0 Å². The Balaban J connectivity index is 5.00. The van der Waals surface area contributed by atoms with Crippen LogP contribution in [0.1, 0.15) is 38.5 Å². The molecular weight excluding hydrogens is 398 g/mol. The van der Waals surface area contributed by atoms with Gasteiger partial charge in [-0.05, 0) is 50.7 Å². The van der Waals surface area contributed by atoms with Crippen molar-refractivity contribution in [3.63, 3.8) is 0 Å². The predicted molar refractivity (Wildman–Crippen MR) is 115 cm³/mol. The van der Waals surface area contributed by atoms with Crippen molar-refractivity contribution in [2.75, 3.05) is 25.1 Å². The van der Waals surface area contributed by atoms with Gasteiger partial charge in [-0.25, -0.2) is 4.79 Å². The Labute approximate surface area is 175 Å². The molecule has 0 bridgehead atoms. The number of nitrogens with one attached hydrogen (secondary N) is 2. The molecule has 12 heteroatoms. The van der Waals surface area contributed by atoms with Crippen LogP contribution in [0.4, 0.5) is 0 Å². The van der Waals surface area contributed by atoms with E-state index in [0.29, 0.717) is 31.6 Å². The number of thioether (sulfide) groups is 1. The summed E-state index contributed by atoms with van der Waals surface area (Å²) in [5.41, 5.74) is 21.9. The predicted octanol–water partition coefficient (Wildman–Crippen LogP) is -1.70. The Morgan fingerprint density at radius 2 is 1.66 bits per heavy atom. The molecule has 0 aliphatic carbocycles. The Bertz CT molecular complexity index is 544. The van der Waals surface area contributed by atoms with Crippen molar-refractivity contribution >= 4 is 35.5 Å². The Morgan fingerprint density at radius 3 is 2.21 bits per heavy atom. The highest BCUT2D eigenvalue weighted by Crippen LogP contribution is 2.05. The van der Waals surface area contributed by atoms with Gasteiger partial charge >= 0.3 is 5.97 Å². The minimum absolute atomic E-state index is 0.0695. The summed E-state index contributed by atoms with van der Waals surface area (Å²) < 4.78 is 0. The monoisotopic (exact) mass is 433 g/mol. The van der Waals surface area contributed by atoms with Gasteiger partial charge in [0.05, 0.1) is 6.04 Å². The number of nitrogens with two attached hydrogens (primary N) is 4. The highest BCUT2D eigenvalue weighted by atomic mass is 32.2. The normalized spacial score (nSPS) is 13.8. The number of nitrogens with zero attached hydrogens (tertiary/aromatic N) is 1. The highest BCUT2D eigenvalue weighted by molar-refractivity contribution is 7.98. The van der Waals surface area contributed by atoms with E-state index in [-0.39, 0.29) is 25.3 Å². The van der Waals surface area contributed by atoms with Crippen LogP contribution >= 0.6 is 11.8 Å². The maximum absolute atomic E-state index is 12.6. The summed E-state index contributed by atoms with van der Waals surface area (Å²) in [6.45, 7) is 0.788. The minimum Gasteiger partial charge on any atom is -0.480 e. The summed E-state index contributed by atoms with van der Waals surface area (Å²) in [7, 11) is 0. The molecular formula is C17H35N7O4S. The lowest BCUT2D eigenvalue weighted by Crippen LogP contribution is -2.54. The maximum Gasteiger partial charge on any atom is 0.326 e. The smallest absolute Gasteiger partial charge is 0.326 e. The van der Waals surface area contributed by atoms with Gasteiger partial charge in [0, 0.05) is 6.54 Å². The Hall–Kier alpha value is -2.05. The molecule has 3 atom stereocenters. The number of aliphatic imine (C=N–C) groups is 1. The third-order valence-corrected chi connectivity index (χ3v) is 4.75. The van der Waals surface area contributed by atoms with Crippen molar-refractivity contribution in [1.82, 2.24) is 10.6 Å². The molecule has 0 heterocycles. The van der Waals surface area contributed by atoms with E-state index in [0.717, 1.165) is 6.42 Å². The lowest BCUT2D eigenvalue weighted by atomic mass is 10.1. The van der Waals surface area contributed by atoms with Crippen LogP contribution in [-0.2, 0) is 14.4 Å². The molecule has 11 N–H and O–H groups in total. The van der Waals surface area contributed by atoms with E-state index in [1.807, 2.05) is 6.26 Å². The second-order valence-corrected chi connectivity index (χ2v) is 7.57. The number of carboxylic acids is 1. The summed E-state index contributed by atoms with van der Waals surface area (Å²) in [6.07, 6.45) is 4.66. The summed E-state index contributed by atoms with van der Waals surface area (Å²) in [5.74, 6) is -1.67. The lowest BCUT2D eigenvalue weighted by Gasteiger charge is -2.23. The fraction of sp³-hybridized carbons (Fsp3) is 0.765. The molecule has 2 amide bonds. The first kappa shape index (κ1) is 27.0. The molecule has 0 aromatic carbocycles. The van der Waals surface area contributed by atoms with Crippen LogP contribution in [0.5, 0.6) is 0 Å². The van der Waals surface area contributed by atoms with E-state index in [9.17, 15) is 19.5 Å². The largest absolute Gasteiger partial charge is 0.480 e. The van der Waals surface area contributed by atoms with Crippen LogP contribution in [-0.4, -0.2) is 72.1 Å². The third-order valence-electron chi connectivity index (χ3n) is 4.11. The molecule has 0 aliphatic rings. The van der Waals surface area contributed by atoms with Crippen molar-refractivity contribution in [2.24, 2.45) is 27.9 Å². The van der Waals surface area contributed by atoms with Gasteiger partial charge in [-0.1, -0.05) is 6.42 Å².